The topological polar surface area (TPSA) is 29.3 Å². The highest BCUT2D eigenvalue weighted by Crippen LogP contribution is 2.22. The van der Waals surface area contributed by atoms with Gasteiger partial charge in [-0.25, -0.2) is 9.37 Å². The van der Waals surface area contributed by atoms with Crippen LogP contribution < -0.4 is 5.32 Å². The fourth-order valence-corrected chi connectivity index (χ4v) is 3.40. The molecule has 1 unspecified atom stereocenters. The van der Waals surface area contributed by atoms with Gasteiger partial charge >= 0.3 is 0 Å². The van der Waals surface area contributed by atoms with Crippen molar-refractivity contribution in [2.24, 2.45) is 0 Å². The van der Waals surface area contributed by atoms with Gasteiger partial charge in [-0.15, -0.1) is 11.3 Å². The Kier molecular flexibility index (Phi) is 3.78. The number of hydrogen-bond acceptors (Lipinski definition) is 3. The molecule has 5 heteroatoms. The van der Waals surface area contributed by atoms with Gasteiger partial charge in [-0.3, -0.25) is 4.40 Å². The van der Waals surface area contributed by atoms with Crippen LogP contribution in [0.1, 0.15) is 34.8 Å². The number of nitrogens with zero attached hydrogens (tertiary/aromatic N) is 2. The van der Waals surface area contributed by atoms with E-state index in [1.54, 1.807) is 17.4 Å². The zero-order chi connectivity index (χ0) is 15.0. The van der Waals surface area contributed by atoms with Gasteiger partial charge in [-0.05, 0) is 26.8 Å². The molecule has 0 saturated carbocycles. The van der Waals surface area contributed by atoms with Gasteiger partial charge in [-0.2, -0.15) is 0 Å². The van der Waals surface area contributed by atoms with E-state index in [0.29, 0.717) is 12.1 Å². The summed E-state index contributed by atoms with van der Waals surface area (Å²) in [6.07, 6.45) is 2.10. The molecule has 2 heterocycles. The minimum atomic E-state index is -0.168. The second kappa shape index (κ2) is 5.58. The van der Waals surface area contributed by atoms with Gasteiger partial charge < -0.3 is 5.32 Å². The molecule has 0 aliphatic rings. The zero-order valence-electron chi connectivity index (χ0n) is 12.4. The number of halogens is 1. The summed E-state index contributed by atoms with van der Waals surface area (Å²) in [5.41, 5.74) is 2.85. The second-order valence-corrected chi connectivity index (χ2v) is 6.48. The molecule has 0 bridgehead atoms. The lowest BCUT2D eigenvalue weighted by atomic mass is 10.1. The number of imidazole rings is 1. The lowest BCUT2D eigenvalue weighted by molar-refractivity contribution is 0.523. The molecular weight excluding hydrogens is 285 g/mol. The second-order valence-electron chi connectivity index (χ2n) is 5.26. The lowest BCUT2D eigenvalue weighted by Crippen LogP contribution is -2.20. The van der Waals surface area contributed by atoms with Crippen molar-refractivity contribution in [3.63, 3.8) is 0 Å². The summed E-state index contributed by atoms with van der Waals surface area (Å²) >= 11 is 1.68. The van der Waals surface area contributed by atoms with Crippen LogP contribution in [-0.4, -0.2) is 9.38 Å². The Morgan fingerprint density at radius 3 is 2.86 bits per heavy atom. The third-order valence-corrected chi connectivity index (χ3v) is 4.59. The number of benzene rings is 1. The number of aryl methyl sites for hydroxylation is 2. The molecular formula is C16H18FN3S. The van der Waals surface area contributed by atoms with E-state index in [9.17, 15) is 4.39 Å². The molecule has 3 aromatic rings. The van der Waals surface area contributed by atoms with Crippen molar-refractivity contribution in [3.8, 4) is 0 Å². The first kappa shape index (κ1) is 14.2. The van der Waals surface area contributed by atoms with Gasteiger partial charge in [0.25, 0.3) is 0 Å². The summed E-state index contributed by atoms with van der Waals surface area (Å²) < 4.78 is 15.9. The fourth-order valence-electron chi connectivity index (χ4n) is 2.51. The first-order valence-electron chi connectivity index (χ1n) is 6.98. The minimum absolute atomic E-state index is 0.0455. The highest BCUT2D eigenvalue weighted by molar-refractivity contribution is 7.17. The van der Waals surface area contributed by atoms with E-state index in [1.165, 1.54) is 10.9 Å². The van der Waals surface area contributed by atoms with Crippen LogP contribution in [0.25, 0.3) is 4.96 Å². The predicted octanol–water partition coefficient (Wildman–Crippen LogP) is 4.00. The smallest absolute Gasteiger partial charge is 0.194 e. The van der Waals surface area contributed by atoms with Crippen molar-refractivity contribution < 1.29 is 4.39 Å². The summed E-state index contributed by atoms with van der Waals surface area (Å²) in [6, 6.07) is 6.85. The van der Waals surface area contributed by atoms with Crippen molar-refractivity contribution >= 4 is 16.3 Å². The summed E-state index contributed by atoms with van der Waals surface area (Å²) in [4.78, 5) is 6.82. The molecule has 0 saturated heterocycles. The van der Waals surface area contributed by atoms with Gasteiger partial charge in [0.1, 0.15) is 5.82 Å². The Labute approximate surface area is 127 Å². The molecule has 110 valence electrons. The van der Waals surface area contributed by atoms with E-state index < -0.39 is 0 Å². The molecule has 1 aromatic carbocycles. The molecule has 1 N–H and O–H groups in total. The van der Waals surface area contributed by atoms with E-state index in [4.69, 9.17) is 0 Å². The van der Waals surface area contributed by atoms with Crippen molar-refractivity contribution in [1.82, 2.24) is 14.7 Å². The average molecular weight is 303 g/mol. The molecule has 0 amide bonds. The first-order chi connectivity index (χ1) is 10.1. The Hall–Kier alpha value is -1.72. The van der Waals surface area contributed by atoms with Crippen LogP contribution in [-0.2, 0) is 6.54 Å². The number of aromatic nitrogens is 2. The van der Waals surface area contributed by atoms with E-state index >= 15 is 0 Å². The molecule has 21 heavy (non-hydrogen) atoms. The molecule has 2 aromatic heterocycles. The SMILES string of the molecule is Cc1cn2c(CNC(C)c3ccccc3F)c(C)nc2s1. The van der Waals surface area contributed by atoms with Gasteiger partial charge in [0.15, 0.2) is 4.96 Å². The van der Waals surface area contributed by atoms with E-state index in [-0.39, 0.29) is 11.9 Å². The molecule has 0 spiro atoms. The maximum absolute atomic E-state index is 13.8. The lowest BCUT2D eigenvalue weighted by Gasteiger charge is -2.15. The maximum Gasteiger partial charge on any atom is 0.194 e. The van der Waals surface area contributed by atoms with Gasteiger partial charge in [0.2, 0.25) is 0 Å². The molecule has 0 aliphatic carbocycles. The molecule has 1 atom stereocenters. The Morgan fingerprint density at radius 2 is 2.10 bits per heavy atom. The number of fused-ring (bicyclic) bond motifs is 1. The Balaban J connectivity index is 1.80. The normalized spacial score (nSPS) is 13.0. The molecule has 0 aliphatic heterocycles. The highest BCUT2D eigenvalue weighted by Gasteiger charge is 2.14. The van der Waals surface area contributed by atoms with Crippen LogP contribution in [0.2, 0.25) is 0 Å². The van der Waals surface area contributed by atoms with Gasteiger partial charge in [-0.1, -0.05) is 18.2 Å². The fraction of sp³-hybridized carbons (Fsp3) is 0.312. The van der Waals surface area contributed by atoms with E-state index in [0.717, 1.165) is 16.3 Å². The minimum Gasteiger partial charge on any atom is -0.304 e. The molecule has 0 fully saturated rings. The largest absolute Gasteiger partial charge is 0.304 e. The molecule has 3 nitrogen and oxygen atoms in total. The number of nitrogens with one attached hydrogen (secondary N) is 1. The standard InChI is InChI=1S/C16H18FN3S/c1-10-9-20-15(12(3)19-16(20)21-10)8-18-11(2)13-6-4-5-7-14(13)17/h4-7,9,11,18H,8H2,1-3H3. The Morgan fingerprint density at radius 1 is 1.33 bits per heavy atom. The first-order valence-corrected chi connectivity index (χ1v) is 7.79. The van der Waals surface area contributed by atoms with Crippen LogP contribution >= 0.6 is 11.3 Å². The van der Waals surface area contributed by atoms with Crippen molar-refractivity contribution in [2.45, 2.75) is 33.4 Å². The summed E-state index contributed by atoms with van der Waals surface area (Å²) in [6.45, 7) is 6.73. The van der Waals surface area contributed by atoms with Crippen LogP contribution in [0.4, 0.5) is 4.39 Å². The van der Waals surface area contributed by atoms with Crippen LogP contribution in [0.5, 0.6) is 0 Å². The third kappa shape index (κ3) is 2.71. The van der Waals surface area contributed by atoms with Crippen molar-refractivity contribution in [2.75, 3.05) is 0 Å². The average Bonchev–Trinajstić information content (AvgIpc) is 2.92. The predicted molar refractivity (Wildman–Crippen MR) is 84.2 cm³/mol. The highest BCUT2D eigenvalue weighted by atomic mass is 32.1. The zero-order valence-corrected chi connectivity index (χ0v) is 13.2. The number of hydrogen-bond donors (Lipinski definition) is 1. The van der Waals surface area contributed by atoms with Crippen LogP contribution in [0.3, 0.4) is 0 Å². The van der Waals surface area contributed by atoms with Gasteiger partial charge in [0, 0.05) is 29.2 Å². The van der Waals surface area contributed by atoms with Crippen LogP contribution in [0.15, 0.2) is 30.5 Å². The summed E-state index contributed by atoms with van der Waals surface area (Å²) in [7, 11) is 0. The quantitative estimate of drug-likeness (QED) is 0.789. The Bertz CT molecular complexity index is 775. The van der Waals surface area contributed by atoms with Crippen molar-refractivity contribution in [3.05, 3.63) is 58.1 Å². The number of rotatable bonds is 4. The maximum atomic E-state index is 13.8. The van der Waals surface area contributed by atoms with E-state index in [2.05, 4.69) is 27.8 Å². The summed E-state index contributed by atoms with van der Waals surface area (Å²) in [5, 5.41) is 3.39. The van der Waals surface area contributed by atoms with Gasteiger partial charge in [0.05, 0.1) is 11.4 Å². The van der Waals surface area contributed by atoms with Crippen LogP contribution in [0, 0.1) is 19.7 Å². The monoisotopic (exact) mass is 303 g/mol. The molecule has 0 radical (unpaired) electrons. The third-order valence-electron chi connectivity index (χ3n) is 3.69. The molecule has 3 rings (SSSR count). The van der Waals surface area contributed by atoms with Crippen molar-refractivity contribution in [1.29, 1.82) is 0 Å². The van der Waals surface area contributed by atoms with E-state index in [1.807, 2.05) is 26.0 Å². The number of thiazole rings is 1. The summed E-state index contributed by atoms with van der Waals surface area (Å²) in [5.74, 6) is -0.168.